The van der Waals surface area contributed by atoms with Crippen molar-refractivity contribution in [2.75, 3.05) is 11.9 Å². The minimum atomic E-state index is -1.05. The van der Waals surface area contributed by atoms with Crippen LogP contribution in [-0.4, -0.2) is 23.4 Å². The lowest BCUT2D eigenvalue weighted by Gasteiger charge is -2.06. The van der Waals surface area contributed by atoms with E-state index >= 15 is 0 Å². The number of carbonyl (C=O) groups excluding carboxylic acids is 2. The third kappa shape index (κ3) is 3.65. The van der Waals surface area contributed by atoms with Gasteiger partial charge in [0.2, 0.25) is 11.6 Å². The predicted molar refractivity (Wildman–Crippen MR) is 92.9 cm³/mol. The molecule has 28 heavy (non-hydrogen) atoms. The molecule has 3 aromatic rings. The SMILES string of the molecule is Cc1c(C(=O)OCC(=O)Nc2ccc(F)c([N+](=O)[O-])c2)oc2c(F)cccc12. The molecular formula is C18H12F2N2O6. The minimum Gasteiger partial charge on any atom is -0.450 e. The van der Waals surface area contributed by atoms with Gasteiger partial charge < -0.3 is 14.5 Å². The largest absolute Gasteiger partial charge is 0.450 e. The van der Waals surface area contributed by atoms with E-state index in [1.165, 1.54) is 12.1 Å². The zero-order valence-corrected chi connectivity index (χ0v) is 14.3. The maximum absolute atomic E-state index is 13.7. The number of carbonyl (C=O) groups is 2. The van der Waals surface area contributed by atoms with Gasteiger partial charge >= 0.3 is 11.7 Å². The Labute approximate surface area is 155 Å². The van der Waals surface area contributed by atoms with Gasteiger partial charge in [-0.2, -0.15) is 4.39 Å². The number of esters is 1. The quantitative estimate of drug-likeness (QED) is 0.404. The van der Waals surface area contributed by atoms with Crippen molar-refractivity contribution >= 4 is 34.2 Å². The first kappa shape index (κ1) is 19.0. The van der Waals surface area contributed by atoms with Gasteiger partial charge in [0, 0.05) is 22.7 Å². The fourth-order valence-corrected chi connectivity index (χ4v) is 2.53. The Bertz CT molecular complexity index is 1110. The summed E-state index contributed by atoms with van der Waals surface area (Å²) in [5, 5.41) is 13.3. The number of halogens is 2. The van der Waals surface area contributed by atoms with Crippen LogP contribution in [0.5, 0.6) is 0 Å². The number of amides is 1. The molecule has 8 nitrogen and oxygen atoms in total. The molecule has 0 fully saturated rings. The Morgan fingerprint density at radius 3 is 2.64 bits per heavy atom. The third-order valence-corrected chi connectivity index (χ3v) is 3.86. The molecule has 0 spiro atoms. The van der Waals surface area contributed by atoms with Crippen molar-refractivity contribution in [1.29, 1.82) is 0 Å². The standard InChI is InChI=1S/C18H12F2N2O6/c1-9-11-3-2-4-13(20)17(11)28-16(9)18(24)27-8-15(23)21-10-5-6-12(19)14(7-10)22(25)26/h2-7H,8H2,1H3,(H,21,23). The lowest BCUT2D eigenvalue weighted by Crippen LogP contribution is -2.21. The maximum Gasteiger partial charge on any atom is 0.375 e. The van der Waals surface area contributed by atoms with E-state index in [0.717, 1.165) is 18.2 Å². The number of nitrogens with one attached hydrogen (secondary N) is 1. The summed E-state index contributed by atoms with van der Waals surface area (Å²) in [7, 11) is 0. The Morgan fingerprint density at radius 1 is 1.21 bits per heavy atom. The third-order valence-electron chi connectivity index (χ3n) is 3.86. The highest BCUT2D eigenvalue weighted by atomic mass is 19.1. The highest BCUT2D eigenvalue weighted by Crippen LogP contribution is 2.27. The summed E-state index contributed by atoms with van der Waals surface area (Å²) in [6, 6.07) is 6.99. The van der Waals surface area contributed by atoms with E-state index in [4.69, 9.17) is 9.15 Å². The summed E-state index contributed by atoms with van der Waals surface area (Å²) in [5.74, 6) is -3.73. The van der Waals surface area contributed by atoms with Crippen molar-refractivity contribution in [2.24, 2.45) is 0 Å². The molecule has 10 heteroatoms. The molecule has 0 aliphatic heterocycles. The molecule has 0 atom stereocenters. The Hall–Kier alpha value is -3.82. The van der Waals surface area contributed by atoms with E-state index in [1.807, 2.05) is 0 Å². The van der Waals surface area contributed by atoms with Crippen LogP contribution in [0.4, 0.5) is 20.2 Å². The highest BCUT2D eigenvalue weighted by Gasteiger charge is 2.22. The van der Waals surface area contributed by atoms with E-state index in [2.05, 4.69) is 5.32 Å². The summed E-state index contributed by atoms with van der Waals surface area (Å²) in [4.78, 5) is 33.8. The summed E-state index contributed by atoms with van der Waals surface area (Å²) < 4.78 is 37.1. The first-order chi connectivity index (χ1) is 13.3. The molecule has 1 aromatic heterocycles. The van der Waals surface area contributed by atoms with E-state index in [-0.39, 0.29) is 17.0 Å². The Morgan fingerprint density at radius 2 is 1.96 bits per heavy atom. The molecule has 0 saturated heterocycles. The highest BCUT2D eigenvalue weighted by molar-refractivity contribution is 5.98. The molecule has 1 amide bonds. The van der Waals surface area contributed by atoms with Crippen LogP contribution in [0.2, 0.25) is 0 Å². The topological polar surface area (TPSA) is 112 Å². The van der Waals surface area contributed by atoms with E-state index in [9.17, 15) is 28.5 Å². The lowest BCUT2D eigenvalue weighted by atomic mass is 10.1. The van der Waals surface area contributed by atoms with Gasteiger partial charge in [0.05, 0.1) is 4.92 Å². The first-order valence-electron chi connectivity index (χ1n) is 7.86. The molecule has 2 aromatic carbocycles. The van der Waals surface area contributed by atoms with Gasteiger partial charge in [-0.3, -0.25) is 14.9 Å². The number of hydrogen-bond donors (Lipinski definition) is 1. The number of furan rings is 1. The second kappa shape index (κ2) is 7.43. The average Bonchev–Trinajstić information content (AvgIpc) is 2.99. The molecule has 0 radical (unpaired) electrons. The van der Waals surface area contributed by atoms with Gasteiger partial charge in [-0.15, -0.1) is 0 Å². The zero-order valence-electron chi connectivity index (χ0n) is 14.3. The number of rotatable bonds is 5. The van der Waals surface area contributed by atoms with Crippen LogP contribution in [0.1, 0.15) is 16.1 Å². The number of para-hydroxylation sites is 1. The number of nitro benzene ring substituents is 1. The molecule has 0 bridgehead atoms. The number of nitrogens with zero attached hydrogens (tertiary/aromatic N) is 1. The second-order valence-corrected chi connectivity index (χ2v) is 5.72. The van der Waals surface area contributed by atoms with Crippen molar-refractivity contribution in [2.45, 2.75) is 6.92 Å². The fourth-order valence-electron chi connectivity index (χ4n) is 2.53. The van der Waals surface area contributed by atoms with Crippen LogP contribution in [-0.2, 0) is 9.53 Å². The van der Waals surface area contributed by atoms with Gasteiger partial charge in [0.25, 0.3) is 5.91 Å². The van der Waals surface area contributed by atoms with Gasteiger partial charge in [-0.25, -0.2) is 9.18 Å². The first-order valence-corrected chi connectivity index (χ1v) is 7.86. The van der Waals surface area contributed by atoms with Crippen LogP contribution < -0.4 is 5.32 Å². The van der Waals surface area contributed by atoms with E-state index < -0.39 is 40.7 Å². The second-order valence-electron chi connectivity index (χ2n) is 5.72. The summed E-state index contributed by atoms with van der Waals surface area (Å²) in [6.45, 7) is 0.808. The predicted octanol–water partition coefficient (Wildman–Crippen LogP) is 3.72. The molecule has 1 N–H and O–H groups in total. The summed E-state index contributed by atoms with van der Waals surface area (Å²) in [5.41, 5.74) is -0.602. The smallest absolute Gasteiger partial charge is 0.375 e. The molecule has 0 aliphatic carbocycles. The number of aryl methyl sites for hydroxylation is 1. The van der Waals surface area contributed by atoms with Crippen LogP contribution in [0.25, 0.3) is 11.0 Å². The molecule has 0 unspecified atom stereocenters. The monoisotopic (exact) mass is 390 g/mol. The van der Waals surface area contributed by atoms with Crippen LogP contribution in [0, 0.1) is 28.7 Å². The maximum atomic E-state index is 13.7. The van der Waals surface area contributed by atoms with Crippen molar-refractivity contribution in [3.8, 4) is 0 Å². The Balaban J connectivity index is 1.67. The molecule has 0 aliphatic rings. The summed E-state index contributed by atoms with van der Waals surface area (Å²) >= 11 is 0. The van der Waals surface area contributed by atoms with Gasteiger partial charge in [-0.05, 0) is 25.1 Å². The van der Waals surface area contributed by atoms with Crippen molar-refractivity contribution in [3.63, 3.8) is 0 Å². The summed E-state index contributed by atoms with van der Waals surface area (Å²) in [6.07, 6.45) is 0. The number of anilines is 1. The average molecular weight is 390 g/mol. The number of nitro groups is 1. The van der Waals surface area contributed by atoms with Crippen LogP contribution in [0.3, 0.4) is 0 Å². The van der Waals surface area contributed by atoms with Crippen molar-refractivity contribution in [3.05, 3.63) is 69.5 Å². The number of benzene rings is 2. The Kier molecular flexibility index (Phi) is 5.03. The van der Waals surface area contributed by atoms with Gasteiger partial charge in [-0.1, -0.05) is 12.1 Å². The van der Waals surface area contributed by atoms with Gasteiger partial charge in [0.1, 0.15) is 0 Å². The molecule has 1 heterocycles. The fraction of sp³-hybridized carbons (Fsp3) is 0.111. The minimum absolute atomic E-state index is 0.0452. The zero-order chi connectivity index (χ0) is 20.4. The molecule has 3 rings (SSSR count). The van der Waals surface area contributed by atoms with Crippen LogP contribution in [0.15, 0.2) is 40.8 Å². The normalized spacial score (nSPS) is 10.7. The number of ether oxygens (including phenoxy) is 1. The van der Waals surface area contributed by atoms with Crippen LogP contribution >= 0.6 is 0 Å². The molecule has 0 saturated carbocycles. The molecular weight excluding hydrogens is 378 g/mol. The van der Waals surface area contributed by atoms with Crippen molar-refractivity contribution < 1.29 is 32.4 Å². The lowest BCUT2D eigenvalue weighted by molar-refractivity contribution is -0.387. The van der Waals surface area contributed by atoms with Gasteiger partial charge in [0.15, 0.2) is 18.0 Å². The van der Waals surface area contributed by atoms with E-state index in [1.54, 1.807) is 13.0 Å². The molecule has 144 valence electrons. The van der Waals surface area contributed by atoms with E-state index in [0.29, 0.717) is 10.9 Å². The number of fused-ring (bicyclic) bond motifs is 1. The van der Waals surface area contributed by atoms with Crippen molar-refractivity contribution in [1.82, 2.24) is 0 Å². The number of hydrogen-bond acceptors (Lipinski definition) is 6.